The van der Waals surface area contributed by atoms with Crippen molar-refractivity contribution in [2.75, 3.05) is 0 Å². The predicted octanol–water partition coefficient (Wildman–Crippen LogP) is 2.75. The van der Waals surface area contributed by atoms with Gasteiger partial charge in [-0.25, -0.2) is 4.79 Å². The topological polar surface area (TPSA) is 75.3 Å². The lowest BCUT2D eigenvalue weighted by molar-refractivity contribution is -0.143. The van der Waals surface area contributed by atoms with Crippen molar-refractivity contribution in [3.05, 3.63) is 30.0 Å². The summed E-state index contributed by atoms with van der Waals surface area (Å²) in [5.41, 5.74) is 1.14. The molecule has 0 spiro atoms. The first-order valence-corrected chi connectivity index (χ1v) is 7.77. The van der Waals surface area contributed by atoms with Crippen LogP contribution in [-0.4, -0.2) is 45.2 Å². The van der Waals surface area contributed by atoms with Crippen molar-refractivity contribution in [1.82, 2.24) is 15.1 Å². The van der Waals surface area contributed by atoms with Crippen LogP contribution in [0, 0.1) is 0 Å². The van der Waals surface area contributed by atoms with Crippen LogP contribution in [0.2, 0.25) is 0 Å². The summed E-state index contributed by atoms with van der Waals surface area (Å²) in [5, 5.41) is 7.63. The maximum Gasteiger partial charge on any atom is 0.338 e. The Morgan fingerprint density at radius 3 is 2.39 bits per heavy atom. The summed E-state index contributed by atoms with van der Waals surface area (Å²) in [6.45, 7) is 9.38. The zero-order valence-electron chi connectivity index (χ0n) is 14.2. The third kappa shape index (κ3) is 3.70. The first-order valence-electron chi connectivity index (χ1n) is 7.77. The molecule has 1 heterocycles. The highest BCUT2D eigenvalue weighted by Gasteiger charge is 2.28. The summed E-state index contributed by atoms with van der Waals surface area (Å²) in [7, 11) is 0. The molecule has 1 aromatic heterocycles. The van der Waals surface area contributed by atoms with Gasteiger partial charge in [0.15, 0.2) is 6.10 Å². The second-order valence-corrected chi connectivity index (χ2v) is 6.15. The molecule has 1 amide bonds. The molecule has 0 radical (unpaired) electrons. The molecule has 6 heteroatoms. The van der Waals surface area contributed by atoms with Crippen molar-refractivity contribution in [3.63, 3.8) is 0 Å². The number of esters is 1. The van der Waals surface area contributed by atoms with Crippen LogP contribution in [-0.2, 0) is 9.53 Å². The van der Waals surface area contributed by atoms with Gasteiger partial charge in [0, 0.05) is 17.5 Å². The van der Waals surface area contributed by atoms with Crippen molar-refractivity contribution in [2.24, 2.45) is 0 Å². The maximum atomic E-state index is 12.5. The SMILES string of the molecule is CC(OC(=O)c1ccc2cn[nH]c2c1)C(=O)N(C(C)C)C(C)C. The lowest BCUT2D eigenvalue weighted by Crippen LogP contribution is -2.47. The molecular formula is C17H23N3O3. The number of carbonyl (C=O) groups excluding carboxylic acids is 2. The number of aromatic nitrogens is 2. The molecule has 0 bridgehead atoms. The highest BCUT2D eigenvalue weighted by molar-refractivity contribution is 5.95. The summed E-state index contributed by atoms with van der Waals surface area (Å²) in [4.78, 5) is 26.5. The van der Waals surface area contributed by atoms with Gasteiger partial charge in [0.2, 0.25) is 0 Å². The van der Waals surface area contributed by atoms with Gasteiger partial charge in [0.25, 0.3) is 5.91 Å². The van der Waals surface area contributed by atoms with Gasteiger partial charge in [-0.2, -0.15) is 5.10 Å². The van der Waals surface area contributed by atoms with E-state index < -0.39 is 12.1 Å². The molecule has 124 valence electrons. The molecular weight excluding hydrogens is 294 g/mol. The average Bonchev–Trinajstić information content (AvgIpc) is 2.93. The van der Waals surface area contributed by atoms with E-state index in [1.165, 1.54) is 0 Å². The van der Waals surface area contributed by atoms with Gasteiger partial charge in [0.1, 0.15) is 0 Å². The summed E-state index contributed by atoms with van der Waals surface area (Å²) in [6.07, 6.45) is 0.851. The number of ether oxygens (including phenoxy) is 1. The molecule has 1 N–H and O–H groups in total. The number of hydrogen-bond donors (Lipinski definition) is 1. The Hall–Kier alpha value is -2.37. The number of amides is 1. The van der Waals surface area contributed by atoms with Crippen molar-refractivity contribution in [1.29, 1.82) is 0 Å². The molecule has 0 fully saturated rings. The Morgan fingerprint density at radius 1 is 1.13 bits per heavy atom. The van der Waals surface area contributed by atoms with Gasteiger partial charge in [-0.15, -0.1) is 0 Å². The van der Waals surface area contributed by atoms with E-state index in [1.807, 2.05) is 27.7 Å². The van der Waals surface area contributed by atoms with Crippen LogP contribution in [0.25, 0.3) is 10.9 Å². The van der Waals surface area contributed by atoms with Gasteiger partial charge in [-0.3, -0.25) is 9.89 Å². The van der Waals surface area contributed by atoms with Gasteiger partial charge < -0.3 is 9.64 Å². The summed E-state index contributed by atoms with van der Waals surface area (Å²) in [6, 6.07) is 5.22. The second kappa shape index (κ2) is 6.81. The van der Waals surface area contributed by atoms with Crippen LogP contribution in [0.1, 0.15) is 45.0 Å². The molecule has 23 heavy (non-hydrogen) atoms. The van der Waals surface area contributed by atoms with Crippen LogP contribution in [0.4, 0.5) is 0 Å². The van der Waals surface area contributed by atoms with Crippen LogP contribution in [0.3, 0.4) is 0 Å². The van der Waals surface area contributed by atoms with E-state index in [9.17, 15) is 9.59 Å². The molecule has 0 saturated heterocycles. The van der Waals surface area contributed by atoms with Crippen LogP contribution in [0.5, 0.6) is 0 Å². The van der Waals surface area contributed by atoms with E-state index in [4.69, 9.17) is 4.74 Å². The first-order chi connectivity index (χ1) is 10.8. The summed E-state index contributed by atoms with van der Waals surface area (Å²) >= 11 is 0. The molecule has 1 unspecified atom stereocenters. The molecule has 0 saturated carbocycles. The van der Waals surface area contributed by atoms with E-state index in [2.05, 4.69) is 10.2 Å². The first kappa shape index (κ1) is 17.0. The fraction of sp³-hybridized carbons (Fsp3) is 0.471. The lowest BCUT2D eigenvalue weighted by Gasteiger charge is -2.32. The molecule has 2 rings (SSSR count). The Morgan fingerprint density at radius 2 is 1.78 bits per heavy atom. The van der Waals surface area contributed by atoms with Crippen LogP contribution < -0.4 is 0 Å². The molecule has 6 nitrogen and oxygen atoms in total. The minimum absolute atomic E-state index is 0.0463. The van der Waals surface area contributed by atoms with Gasteiger partial charge >= 0.3 is 5.97 Å². The van der Waals surface area contributed by atoms with Crippen molar-refractivity contribution in [2.45, 2.75) is 52.8 Å². The van der Waals surface area contributed by atoms with Gasteiger partial charge in [-0.1, -0.05) is 6.07 Å². The fourth-order valence-corrected chi connectivity index (χ4v) is 2.66. The number of benzene rings is 1. The highest BCUT2D eigenvalue weighted by atomic mass is 16.5. The van der Waals surface area contributed by atoms with Crippen molar-refractivity contribution < 1.29 is 14.3 Å². The molecule has 1 atom stereocenters. The number of fused-ring (bicyclic) bond motifs is 1. The molecule has 1 aromatic carbocycles. The summed E-state index contributed by atoms with van der Waals surface area (Å²) < 4.78 is 5.34. The van der Waals surface area contributed by atoms with E-state index in [1.54, 1.807) is 36.2 Å². The zero-order valence-corrected chi connectivity index (χ0v) is 14.2. The minimum atomic E-state index is -0.829. The molecule has 0 aliphatic carbocycles. The van der Waals surface area contributed by atoms with Crippen molar-refractivity contribution in [3.8, 4) is 0 Å². The normalized spacial score (nSPS) is 12.7. The predicted molar refractivity (Wildman–Crippen MR) is 88.1 cm³/mol. The monoisotopic (exact) mass is 317 g/mol. The Bertz CT molecular complexity index is 698. The molecule has 2 aromatic rings. The average molecular weight is 317 g/mol. The van der Waals surface area contributed by atoms with E-state index in [-0.39, 0.29) is 18.0 Å². The van der Waals surface area contributed by atoms with Crippen molar-refractivity contribution >= 4 is 22.8 Å². The third-order valence-electron chi connectivity index (χ3n) is 3.68. The fourth-order valence-electron chi connectivity index (χ4n) is 2.66. The highest BCUT2D eigenvalue weighted by Crippen LogP contribution is 2.15. The van der Waals surface area contributed by atoms with Crippen LogP contribution >= 0.6 is 0 Å². The van der Waals surface area contributed by atoms with Gasteiger partial charge in [0.05, 0.1) is 17.3 Å². The quantitative estimate of drug-likeness (QED) is 0.860. The van der Waals surface area contributed by atoms with E-state index in [0.717, 1.165) is 10.9 Å². The van der Waals surface area contributed by atoms with E-state index in [0.29, 0.717) is 5.56 Å². The number of nitrogens with zero attached hydrogens (tertiary/aromatic N) is 2. The van der Waals surface area contributed by atoms with E-state index >= 15 is 0 Å². The maximum absolute atomic E-state index is 12.5. The number of H-pyrrole nitrogens is 1. The lowest BCUT2D eigenvalue weighted by atomic mass is 10.1. The second-order valence-electron chi connectivity index (χ2n) is 6.15. The number of hydrogen-bond acceptors (Lipinski definition) is 4. The summed E-state index contributed by atoms with van der Waals surface area (Å²) in [5.74, 6) is -0.708. The zero-order chi connectivity index (χ0) is 17.1. The standard InChI is InChI=1S/C17H23N3O3/c1-10(2)20(11(3)4)16(21)12(5)23-17(22)13-6-7-14-9-18-19-15(14)8-13/h6-12H,1-5H3,(H,18,19). The number of carbonyl (C=O) groups is 2. The minimum Gasteiger partial charge on any atom is -0.449 e. The molecule has 0 aliphatic heterocycles. The number of aromatic amines is 1. The number of rotatable bonds is 5. The Labute approximate surface area is 135 Å². The third-order valence-corrected chi connectivity index (χ3v) is 3.68. The number of nitrogens with one attached hydrogen (secondary N) is 1. The van der Waals surface area contributed by atoms with Gasteiger partial charge in [-0.05, 0) is 46.8 Å². The Balaban J connectivity index is 2.10. The smallest absolute Gasteiger partial charge is 0.338 e. The van der Waals surface area contributed by atoms with Crippen LogP contribution in [0.15, 0.2) is 24.4 Å². The largest absolute Gasteiger partial charge is 0.449 e. The Kier molecular flexibility index (Phi) is 5.03. The molecule has 0 aliphatic rings.